The largest absolute Gasteiger partial charge is 0.422 e. The summed E-state index contributed by atoms with van der Waals surface area (Å²) >= 11 is 0. The summed E-state index contributed by atoms with van der Waals surface area (Å²) < 4.78 is 46.7. The predicted molar refractivity (Wildman–Crippen MR) is 102 cm³/mol. The van der Waals surface area contributed by atoms with Gasteiger partial charge in [0.1, 0.15) is 11.3 Å². The topological polar surface area (TPSA) is 73.0 Å². The number of hydrogen-bond acceptors (Lipinski definition) is 4. The molecule has 152 valence electrons. The lowest BCUT2D eigenvalue weighted by atomic mass is 9.85. The zero-order chi connectivity index (χ0) is 21.0. The van der Waals surface area contributed by atoms with Gasteiger partial charge in [-0.1, -0.05) is 30.3 Å². The monoisotopic (exact) mass is 412 g/mol. The number of carbonyl (C=O) groups excluding carboxylic acids is 1. The van der Waals surface area contributed by atoms with Crippen molar-refractivity contribution in [3.8, 4) is 6.01 Å². The van der Waals surface area contributed by atoms with E-state index in [1.54, 1.807) is 25.1 Å². The van der Waals surface area contributed by atoms with E-state index in [1.807, 2.05) is 12.1 Å². The number of anilines is 1. The minimum Gasteiger partial charge on any atom is -0.422 e. The van der Waals surface area contributed by atoms with Crippen LogP contribution in [0.25, 0.3) is 17.1 Å². The van der Waals surface area contributed by atoms with Gasteiger partial charge in [0.15, 0.2) is 5.58 Å². The van der Waals surface area contributed by atoms with Gasteiger partial charge in [-0.2, -0.15) is 27.9 Å². The van der Waals surface area contributed by atoms with Crippen LogP contribution in [0.4, 0.5) is 19.0 Å². The van der Waals surface area contributed by atoms with E-state index in [-0.39, 0.29) is 18.3 Å². The van der Waals surface area contributed by atoms with Gasteiger partial charge in [-0.25, -0.2) is 0 Å². The lowest BCUT2D eigenvalue weighted by Crippen LogP contribution is -2.25. The smallest absolute Gasteiger partial charge is 0.416 e. The summed E-state index contributed by atoms with van der Waals surface area (Å²) in [5, 5.41) is 7.24. The fourth-order valence-corrected chi connectivity index (χ4v) is 3.85. The number of carbonyl (C=O) groups is 1. The minimum absolute atomic E-state index is 0.0222. The molecule has 0 saturated carbocycles. The van der Waals surface area contributed by atoms with E-state index in [4.69, 9.17) is 4.42 Å². The standard InChI is InChI=1S/C21H15F3N4O2/c1-11-18-14(12-5-4-6-13(9-12)21(22,23)24)10-17(29)26-19(18)28(27-11)20-25-15-7-2-3-8-16(15)30-20/h2-9,14H,10H2,1H3,(H,26,29). The van der Waals surface area contributed by atoms with E-state index < -0.39 is 17.7 Å². The Bertz CT molecular complexity index is 1260. The molecular weight excluding hydrogens is 397 g/mol. The Morgan fingerprint density at radius 2 is 1.97 bits per heavy atom. The summed E-state index contributed by atoms with van der Waals surface area (Å²) in [6.45, 7) is 1.75. The Labute approximate surface area is 168 Å². The first-order valence-electron chi connectivity index (χ1n) is 9.24. The molecule has 0 saturated heterocycles. The number of para-hydroxylation sites is 2. The molecule has 0 radical (unpaired) electrons. The van der Waals surface area contributed by atoms with Crippen LogP contribution in [0.3, 0.4) is 0 Å². The van der Waals surface area contributed by atoms with E-state index in [1.165, 1.54) is 10.7 Å². The highest BCUT2D eigenvalue weighted by molar-refractivity contribution is 5.95. The second-order valence-electron chi connectivity index (χ2n) is 7.15. The van der Waals surface area contributed by atoms with Crippen molar-refractivity contribution in [2.45, 2.75) is 25.4 Å². The Balaban J connectivity index is 1.65. The number of aryl methyl sites for hydroxylation is 1. The number of fused-ring (bicyclic) bond motifs is 2. The van der Waals surface area contributed by atoms with Crippen LogP contribution < -0.4 is 5.32 Å². The van der Waals surface area contributed by atoms with Gasteiger partial charge in [0.2, 0.25) is 5.91 Å². The van der Waals surface area contributed by atoms with Crippen LogP contribution >= 0.6 is 0 Å². The van der Waals surface area contributed by atoms with Crippen molar-refractivity contribution in [1.29, 1.82) is 0 Å². The number of amides is 1. The normalized spacial score (nSPS) is 16.5. The summed E-state index contributed by atoms with van der Waals surface area (Å²) in [6, 6.07) is 12.4. The summed E-state index contributed by atoms with van der Waals surface area (Å²) in [4.78, 5) is 16.8. The van der Waals surface area contributed by atoms with Crippen molar-refractivity contribution in [1.82, 2.24) is 14.8 Å². The van der Waals surface area contributed by atoms with Gasteiger partial charge in [0.05, 0.1) is 11.3 Å². The lowest BCUT2D eigenvalue weighted by molar-refractivity contribution is -0.137. The van der Waals surface area contributed by atoms with E-state index in [0.717, 1.165) is 12.1 Å². The molecule has 0 bridgehead atoms. The molecule has 1 aliphatic rings. The number of oxazole rings is 1. The molecule has 0 aliphatic carbocycles. The first-order chi connectivity index (χ1) is 14.3. The number of rotatable bonds is 2. The average Bonchev–Trinajstić information content (AvgIpc) is 3.28. The predicted octanol–water partition coefficient (Wildman–Crippen LogP) is 4.81. The molecule has 2 aromatic heterocycles. The third-order valence-electron chi connectivity index (χ3n) is 5.18. The molecule has 30 heavy (non-hydrogen) atoms. The molecule has 3 heterocycles. The fourth-order valence-electron chi connectivity index (χ4n) is 3.85. The first kappa shape index (κ1) is 18.4. The quantitative estimate of drug-likeness (QED) is 0.513. The molecule has 6 nitrogen and oxygen atoms in total. The van der Waals surface area contributed by atoms with E-state index >= 15 is 0 Å². The second kappa shape index (κ2) is 6.45. The Morgan fingerprint density at radius 1 is 1.17 bits per heavy atom. The van der Waals surface area contributed by atoms with Gasteiger partial charge in [0.25, 0.3) is 0 Å². The second-order valence-corrected chi connectivity index (χ2v) is 7.15. The van der Waals surface area contributed by atoms with Crippen molar-refractivity contribution in [2.24, 2.45) is 0 Å². The Kier molecular flexibility index (Phi) is 3.96. The third kappa shape index (κ3) is 2.94. The molecule has 1 N–H and O–H groups in total. The van der Waals surface area contributed by atoms with Gasteiger partial charge >= 0.3 is 12.2 Å². The highest BCUT2D eigenvalue weighted by Crippen LogP contribution is 2.41. The summed E-state index contributed by atoms with van der Waals surface area (Å²) in [6.07, 6.45) is -4.44. The minimum atomic E-state index is -4.47. The van der Waals surface area contributed by atoms with Crippen LogP contribution in [0.1, 0.15) is 34.7 Å². The van der Waals surface area contributed by atoms with E-state index in [0.29, 0.717) is 33.7 Å². The Hall–Kier alpha value is -3.62. The van der Waals surface area contributed by atoms with Crippen molar-refractivity contribution >= 4 is 22.8 Å². The zero-order valence-electron chi connectivity index (χ0n) is 15.7. The first-order valence-corrected chi connectivity index (χ1v) is 9.24. The third-order valence-corrected chi connectivity index (χ3v) is 5.18. The SMILES string of the molecule is Cc1nn(-c2nc3ccccc3o2)c2c1C(c1cccc(C(F)(F)F)c1)CC(=O)N2. The number of halogens is 3. The molecular formula is C21H15F3N4O2. The molecule has 4 aromatic rings. The molecule has 5 rings (SSSR count). The molecule has 9 heteroatoms. The van der Waals surface area contributed by atoms with Gasteiger partial charge in [-0.05, 0) is 30.7 Å². The van der Waals surface area contributed by atoms with Crippen LogP contribution in [-0.2, 0) is 11.0 Å². The molecule has 1 unspecified atom stereocenters. The van der Waals surface area contributed by atoms with Crippen LogP contribution in [0.2, 0.25) is 0 Å². The summed E-state index contributed by atoms with van der Waals surface area (Å²) in [5.74, 6) is -0.519. The number of nitrogens with zero attached hydrogens (tertiary/aromatic N) is 3. The molecule has 0 fully saturated rings. The van der Waals surface area contributed by atoms with Crippen LogP contribution in [0, 0.1) is 6.92 Å². The van der Waals surface area contributed by atoms with Gasteiger partial charge < -0.3 is 9.73 Å². The van der Waals surface area contributed by atoms with Gasteiger partial charge in [0, 0.05) is 17.9 Å². The maximum Gasteiger partial charge on any atom is 0.416 e. The molecule has 1 aliphatic heterocycles. The van der Waals surface area contributed by atoms with Crippen LogP contribution in [0.5, 0.6) is 0 Å². The van der Waals surface area contributed by atoms with Crippen LogP contribution in [0.15, 0.2) is 52.9 Å². The van der Waals surface area contributed by atoms with Gasteiger partial charge in [-0.3, -0.25) is 4.79 Å². The molecule has 1 atom stereocenters. The molecule has 2 aromatic carbocycles. The van der Waals surface area contributed by atoms with E-state index in [2.05, 4.69) is 15.4 Å². The Morgan fingerprint density at radius 3 is 2.73 bits per heavy atom. The van der Waals surface area contributed by atoms with E-state index in [9.17, 15) is 18.0 Å². The maximum atomic E-state index is 13.2. The highest BCUT2D eigenvalue weighted by atomic mass is 19.4. The number of nitrogens with one attached hydrogen (secondary N) is 1. The number of aromatic nitrogens is 3. The molecule has 0 spiro atoms. The highest BCUT2D eigenvalue weighted by Gasteiger charge is 2.36. The zero-order valence-corrected chi connectivity index (χ0v) is 15.7. The summed E-state index contributed by atoms with van der Waals surface area (Å²) in [5.41, 5.74) is 2.07. The van der Waals surface area contributed by atoms with Crippen molar-refractivity contribution < 1.29 is 22.4 Å². The number of hydrogen-bond donors (Lipinski definition) is 1. The lowest BCUT2D eigenvalue weighted by Gasteiger charge is -2.24. The van der Waals surface area contributed by atoms with Crippen LogP contribution in [-0.4, -0.2) is 20.7 Å². The maximum absolute atomic E-state index is 13.2. The number of benzene rings is 2. The average molecular weight is 412 g/mol. The number of alkyl halides is 3. The van der Waals surface area contributed by atoms with Gasteiger partial charge in [-0.15, -0.1) is 0 Å². The fraction of sp³-hybridized carbons (Fsp3) is 0.190. The van der Waals surface area contributed by atoms with Crippen molar-refractivity contribution in [3.05, 3.63) is 70.9 Å². The van der Waals surface area contributed by atoms with Crippen molar-refractivity contribution in [3.63, 3.8) is 0 Å². The molecule has 1 amide bonds. The summed E-state index contributed by atoms with van der Waals surface area (Å²) in [7, 11) is 0. The van der Waals surface area contributed by atoms with Crippen molar-refractivity contribution in [2.75, 3.05) is 5.32 Å².